The molecule has 420 valence electrons. The highest BCUT2D eigenvalue weighted by Crippen LogP contribution is 2.16. The summed E-state index contributed by atoms with van der Waals surface area (Å²) in [5.41, 5.74) is 0. The smallest absolute Gasteiger partial charge is 0.306 e. The predicted octanol–water partition coefficient (Wildman–Crippen LogP) is 21.1. The topological polar surface area (TPSA) is 78.9 Å². The highest BCUT2D eigenvalue weighted by molar-refractivity contribution is 5.71. The van der Waals surface area contributed by atoms with E-state index in [2.05, 4.69) is 106 Å². The molecule has 0 saturated heterocycles. The van der Waals surface area contributed by atoms with Crippen molar-refractivity contribution < 1.29 is 28.6 Å². The average molecular weight is 1020 g/mol. The van der Waals surface area contributed by atoms with E-state index in [9.17, 15) is 14.4 Å². The van der Waals surface area contributed by atoms with Crippen LogP contribution in [0.3, 0.4) is 0 Å². The highest BCUT2D eigenvalue weighted by atomic mass is 16.6. The number of hydrogen-bond acceptors (Lipinski definition) is 6. The molecule has 0 aromatic heterocycles. The number of allylic oxidation sites excluding steroid dienone is 14. The third kappa shape index (κ3) is 59.3. The molecule has 0 N–H and O–H groups in total. The van der Waals surface area contributed by atoms with E-state index in [1.54, 1.807) is 0 Å². The lowest BCUT2D eigenvalue weighted by atomic mass is 10.0. The Hall–Kier alpha value is -3.41. The van der Waals surface area contributed by atoms with Crippen molar-refractivity contribution in [1.82, 2.24) is 0 Å². The quantitative estimate of drug-likeness (QED) is 0.0261. The van der Waals surface area contributed by atoms with Crippen LogP contribution >= 0.6 is 0 Å². The van der Waals surface area contributed by atoms with Crippen LogP contribution in [0.25, 0.3) is 0 Å². The fourth-order valence-electron chi connectivity index (χ4n) is 8.74. The lowest BCUT2D eigenvalue weighted by Gasteiger charge is -2.18. The molecule has 0 amide bonds. The fourth-order valence-corrected chi connectivity index (χ4v) is 8.74. The SMILES string of the molecule is CC/C=C\C/C=C\C/C=C\C/C=C\C/C=C\C/C=C\CCCCCCCCC(=O)OCC(COC(=O)CCCCCCCCCCCCCCCC)OC(=O)CCCCCCC/C=C\CCCCCCCCC. The summed E-state index contributed by atoms with van der Waals surface area (Å²) in [6.07, 6.45) is 80.0. The molecule has 0 heterocycles. The van der Waals surface area contributed by atoms with Gasteiger partial charge < -0.3 is 14.2 Å². The molecule has 0 radical (unpaired) electrons. The van der Waals surface area contributed by atoms with Gasteiger partial charge in [-0.3, -0.25) is 14.4 Å². The van der Waals surface area contributed by atoms with Crippen molar-refractivity contribution in [3.8, 4) is 0 Å². The molecule has 0 aliphatic rings. The number of unbranched alkanes of at least 4 members (excludes halogenated alkanes) is 31. The Bertz CT molecular complexity index is 1400. The summed E-state index contributed by atoms with van der Waals surface area (Å²) < 4.78 is 16.9. The Morgan fingerprint density at radius 1 is 0.288 bits per heavy atom. The normalized spacial score (nSPS) is 12.6. The van der Waals surface area contributed by atoms with Crippen LogP contribution in [-0.2, 0) is 28.6 Å². The van der Waals surface area contributed by atoms with E-state index in [1.807, 2.05) is 0 Å². The van der Waals surface area contributed by atoms with Crippen molar-refractivity contribution in [2.75, 3.05) is 13.2 Å². The Labute approximate surface area is 452 Å². The molecule has 0 aliphatic carbocycles. The number of carbonyl (C=O) groups is 3. The third-order valence-electron chi connectivity index (χ3n) is 13.4. The monoisotopic (exact) mass is 1020 g/mol. The average Bonchev–Trinajstić information content (AvgIpc) is 3.39. The molecular formula is C67H116O6. The summed E-state index contributed by atoms with van der Waals surface area (Å²) in [6, 6.07) is 0. The summed E-state index contributed by atoms with van der Waals surface area (Å²) in [5.74, 6) is -0.894. The van der Waals surface area contributed by atoms with Crippen LogP contribution in [-0.4, -0.2) is 37.2 Å². The van der Waals surface area contributed by atoms with Gasteiger partial charge in [0.1, 0.15) is 13.2 Å². The number of ether oxygens (including phenoxy) is 3. The molecule has 0 fully saturated rings. The van der Waals surface area contributed by atoms with E-state index < -0.39 is 6.10 Å². The van der Waals surface area contributed by atoms with Crippen molar-refractivity contribution in [2.45, 2.75) is 309 Å². The maximum atomic E-state index is 12.9. The minimum atomic E-state index is -0.786. The second-order valence-electron chi connectivity index (χ2n) is 20.6. The van der Waals surface area contributed by atoms with Crippen LogP contribution in [0.15, 0.2) is 85.1 Å². The molecular weight excluding hydrogens is 901 g/mol. The minimum Gasteiger partial charge on any atom is -0.462 e. The zero-order valence-corrected chi connectivity index (χ0v) is 48.1. The van der Waals surface area contributed by atoms with Crippen LogP contribution in [0, 0.1) is 0 Å². The number of rotatable bonds is 56. The van der Waals surface area contributed by atoms with E-state index in [1.165, 1.54) is 141 Å². The molecule has 0 aliphatic heterocycles. The first-order valence-corrected chi connectivity index (χ1v) is 31.1. The van der Waals surface area contributed by atoms with Crippen molar-refractivity contribution in [2.24, 2.45) is 0 Å². The van der Waals surface area contributed by atoms with Gasteiger partial charge in [-0.05, 0) is 96.3 Å². The molecule has 0 aromatic rings. The largest absolute Gasteiger partial charge is 0.462 e. The van der Waals surface area contributed by atoms with E-state index in [0.717, 1.165) is 122 Å². The van der Waals surface area contributed by atoms with Gasteiger partial charge >= 0.3 is 17.9 Å². The second-order valence-corrected chi connectivity index (χ2v) is 20.6. The number of hydrogen-bond donors (Lipinski definition) is 0. The predicted molar refractivity (Wildman–Crippen MR) is 316 cm³/mol. The molecule has 6 heteroatoms. The molecule has 0 saturated carbocycles. The Morgan fingerprint density at radius 2 is 0.534 bits per heavy atom. The molecule has 0 rings (SSSR count). The summed E-state index contributed by atoms with van der Waals surface area (Å²) in [7, 11) is 0. The molecule has 0 aromatic carbocycles. The lowest BCUT2D eigenvalue weighted by molar-refractivity contribution is -0.167. The Balaban J connectivity index is 4.37. The molecule has 6 nitrogen and oxygen atoms in total. The second kappa shape index (κ2) is 61.1. The molecule has 1 atom stereocenters. The zero-order chi connectivity index (χ0) is 52.9. The first kappa shape index (κ1) is 69.6. The maximum absolute atomic E-state index is 12.9. The van der Waals surface area contributed by atoms with Crippen molar-refractivity contribution in [1.29, 1.82) is 0 Å². The number of carbonyl (C=O) groups excluding carboxylic acids is 3. The molecule has 0 bridgehead atoms. The van der Waals surface area contributed by atoms with Gasteiger partial charge in [-0.2, -0.15) is 0 Å². The maximum Gasteiger partial charge on any atom is 0.306 e. The van der Waals surface area contributed by atoms with Crippen molar-refractivity contribution in [3.05, 3.63) is 85.1 Å². The molecule has 73 heavy (non-hydrogen) atoms. The lowest BCUT2D eigenvalue weighted by Crippen LogP contribution is -2.30. The third-order valence-corrected chi connectivity index (χ3v) is 13.4. The summed E-state index contributed by atoms with van der Waals surface area (Å²) in [6.45, 7) is 6.53. The van der Waals surface area contributed by atoms with Crippen LogP contribution in [0.5, 0.6) is 0 Å². The first-order valence-electron chi connectivity index (χ1n) is 31.1. The van der Waals surface area contributed by atoms with E-state index in [4.69, 9.17) is 14.2 Å². The molecule has 1 unspecified atom stereocenters. The van der Waals surface area contributed by atoms with Gasteiger partial charge in [0.15, 0.2) is 6.10 Å². The Morgan fingerprint density at radius 3 is 0.849 bits per heavy atom. The number of esters is 3. The summed E-state index contributed by atoms with van der Waals surface area (Å²) >= 11 is 0. The fraction of sp³-hybridized carbons (Fsp3) is 0.746. The molecule has 0 spiro atoms. The van der Waals surface area contributed by atoms with Crippen LogP contribution in [0.2, 0.25) is 0 Å². The highest BCUT2D eigenvalue weighted by Gasteiger charge is 2.19. The van der Waals surface area contributed by atoms with E-state index in [0.29, 0.717) is 19.3 Å². The first-order chi connectivity index (χ1) is 36.0. The van der Waals surface area contributed by atoms with Crippen molar-refractivity contribution in [3.63, 3.8) is 0 Å². The van der Waals surface area contributed by atoms with Gasteiger partial charge in [-0.15, -0.1) is 0 Å². The summed E-state index contributed by atoms with van der Waals surface area (Å²) in [5, 5.41) is 0. The summed E-state index contributed by atoms with van der Waals surface area (Å²) in [4.78, 5) is 38.3. The van der Waals surface area contributed by atoms with Gasteiger partial charge in [0.05, 0.1) is 0 Å². The van der Waals surface area contributed by atoms with Crippen LogP contribution < -0.4 is 0 Å². The Kier molecular flexibility index (Phi) is 58.3. The zero-order valence-electron chi connectivity index (χ0n) is 48.1. The van der Waals surface area contributed by atoms with E-state index in [-0.39, 0.29) is 31.1 Å². The van der Waals surface area contributed by atoms with Gasteiger partial charge in [-0.1, -0.05) is 273 Å². The van der Waals surface area contributed by atoms with Crippen molar-refractivity contribution >= 4 is 17.9 Å². The van der Waals surface area contributed by atoms with Crippen LogP contribution in [0.4, 0.5) is 0 Å². The van der Waals surface area contributed by atoms with Gasteiger partial charge in [0, 0.05) is 19.3 Å². The van der Waals surface area contributed by atoms with E-state index >= 15 is 0 Å². The van der Waals surface area contributed by atoms with Gasteiger partial charge in [0.25, 0.3) is 0 Å². The van der Waals surface area contributed by atoms with Crippen LogP contribution in [0.1, 0.15) is 303 Å². The standard InChI is InChI=1S/C67H116O6/c1-4-7-10-13-16-19-22-25-28-30-31-32-33-34-35-36-37-38-40-42-45-48-51-54-57-60-66(69)72-63-64(62-71-65(68)59-56-53-50-47-44-41-27-24-21-18-15-12-9-6-3)73-67(70)61-58-55-52-49-46-43-39-29-26-23-20-17-14-11-8-5-2/h7,10,16,19,25,28-29,31-32,34-35,37-39,64H,4-6,8-9,11-15,17-18,20-24,26-27,30,33,36,40-63H2,1-3H3/b10-7-,19-16-,28-25-,32-31-,35-34-,38-37-,39-29-. The van der Waals surface area contributed by atoms with Gasteiger partial charge in [-0.25, -0.2) is 0 Å². The van der Waals surface area contributed by atoms with Gasteiger partial charge in [0.2, 0.25) is 0 Å². The minimum absolute atomic E-state index is 0.0818.